The zero-order valence-corrected chi connectivity index (χ0v) is 18.1. The summed E-state index contributed by atoms with van der Waals surface area (Å²) in [7, 11) is -4.79. The molecule has 1 atom stereocenters. The zero-order chi connectivity index (χ0) is 21.3. The number of carboxylic acid groups (broad SMARTS) is 1. The molecule has 0 aliphatic rings. The van der Waals surface area contributed by atoms with Crippen LogP contribution in [0.5, 0.6) is 0 Å². The van der Waals surface area contributed by atoms with Crippen molar-refractivity contribution in [2.75, 3.05) is 6.61 Å². The van der Waals surface area contributed by atoms with Gasteiger partial charge >= 0.3 is 101 Å². The Hall–Kier alpha value is 1.85. The van der Waals surface area contributed by atoms with Gasteiger partial charge in [-0.05, 0) is 6.42 Å². The van der Waals surface area contributed by atoms with Gasteiger partial charge in [0.05, 0.1) is 13.0 Å². The zero-order valence-electron chi connectivity index (χ0n) is 17.2. The van der Waals surface area contributed by atoms with Gasteiger partial charge in [0.25, 0.3) is 10.1 Å². The van der Waals surface area contributed by atoms with E-state index in [9.17, 15) is 18.0 Å². The molecule has 0 radical (unpaired) electrons. The first kappa shape index (κ1) is 40.0. The minimum atomic E-state index is -4.79. The Morgan fingerprint density at radius 3 is 1.42 bits per heavy atom. The first-order valence-corrected chi connectivity index (χ1v) is 12.1. The van der Waals surface area contributed by atoms with E-state index in [4.69, 9.17) is 14.4 Å². The predicted octanol–water partition coefficient (Wildman–Crippen LogP) is 2.80. The van der Waals surface area contributed by atoms with Crippen molar-refractivity contribution in [1.29, 1.82) is 0 Å². The molecular weight excluding hydrogens is 453 g/mol. The van der Waals surface area contributed by atoms with Gasteiger partial charge in [0.2, 0.25) is 0 Å². The molecular formula is C20H41Na3O7S. The van der Waals surface area contributed by atoms with Crippen molar-refractivity contribution < 1.29 is 32.4 Å². The summed E-state index contributed by atoms with van der Waals surface area (Å²) in [6, 6.07) is 0. The van der Waals surface area contributed by atoms with Gasteiger partial charge in [-0.1, -0.05) is 90.4 Å². The molecule has 0 bridgehead atoms. The van der Waals surface area contributed by atoms with Crippen LogP contribution in [0.1, 0.15) is 103 Å². The molecule has 2 N–H and O–H groups in total. The molecule has 7 nitrogen and oxygen atoms in total. The van der Waals surface area contributed by atoms with Crippen LogP contribution >= 0.6 is 0 Å². The molecule has 0 aromatic rings. The summed E-state index contributed by atoms with van der Waals surface area (Å²) >= 11 is 0. The summed E-state index contributed by atoms with van der Waals surface area (Å²) in [6.45, 7) is 2.26. The Morgan fingerprint density at radius 1 is 0.742 bits per heavy atom. The van der Waals surface area contributed by atoms with Crippen LogP contribution in [0.4, 0.5) is 0 Å². The Morgan fingerprint density at radius 2 is 1.10 bits per heavy atom. The van der Waals surface area contributed by atoms with E-state index >= 15 is 0 Å². The molecule has 0 spiro atoms. The predicted molar refractivity (Wildman–Crippen MR) is 130 cm³/mol. The van der Waals surface area contributed by atoms with Crippen molar-refractivity contribution in [2.24, 2.45) is 0 Å². The summed E-state index contributed by atoms with van der Waals surface area (Å²) in [5.74, 6) is -2.70. The average Bonchev–Trinajstić information content (AvgIpc) is 2.61. The third kappa shape index (κ3) is 26.3. The molecule has 0 saturated heterocycles. The summed E-state index contributed by atoms with van der Waals surface area (Å²) in [5.41, 5.74) is 0. The number of carboxylic acids is 1. The normalized spacial score (nSPS) is 11.4. The Kier molecular flexibility index (Phi) is 34.2. The Balaban J connectivity index is -0.00000121. The second kappa shape index (κ2) is 26.5. The Bertz CT molecular complexity index is 531. The van der Waals surface area contributed by atoms with Crippen LogP contribution in [0.25, 0.3) is 0 Å². The van der Waals surface area contributed by atoms with Crippen LogP contribution in [-0.4, -0.2) is 131 Å². The fraction of sp³-hybridized carbons (Fsp3) is 0.900. The van der Waals surface area contributed by atoms with E-state index in [0.29, 0.717) is 6.42 Å². The van der Waals surface area contributed by atoms with E-state index in [1.54, 1.807) is 0 Å². The number of carbonyl (C=O) groups is 2. The number of esters is 1. The van der Waals surface area contributed by atoms with E-state index in [1.165, 1.54) is 64.2 Å². The molecule has 0 aliphatic carbocycles. The van der Waals surface area contributed by atoms with E-state index in [2.05, 4.69) is 6.92 Å². The summed E-state index contributed by atoms with van der Waals surface area (Å²) in [6.07, 6.45) is 15.7. The molecule has 11 heteroatoms. The van der Waals surface area contributed by atoms with Crippen LogP contribution in [0.2, 0.25) is 0 Å². The van der Waals surface area contributed by atoms with E-state index in [1.807, 2.05) is 0 Å². The van der Waals surface area contributed by atoms with Crippen molar-refractivity contribution in [3.05, 3.63) is 0 Å². The number of rotatable bonds is 19. The molecule has 0 aromatic heterocycles. The van der Waals surface area contributed by atoms with Crippen LogP contribution in [-0.2, 0) is 24.4 Å². The van der Waals surface area contributed by atoms with E-state index < -0.39 is 33.7 Å². The average molecular weight is 495 g/mol. The van der Waals surface area contributed by atoms with Gasteiger partial charge < -0.3 is 9.84 Å². The van der Waals surface area contributed by atoms with Crippen molar-refractivity contribution in [2.45, 2.75) is 108 Å². The molecule has 0 aliphatic heterocycles. The van der Waals surface area contributed by atoms with Crippen molar-refractivity contribution in [1.82, 2.24) is 0 Å². The molecule has 0 amide bonds. The fourth-order valence-corrected chi connectivity index (χ4v) is 3.70. The molecule has 0 rings (SSSR count). The van der Waals surface area contributed by atoms with Gasteiger partial charge in [0.1, 0.15) is 0 Å². The summed E-state index contributed by atoms with van der Waals surface area (Å²) < 4.78 is 35.8. The van der Waals surface area contributed by atoms with Crippen molar-refractivity contribution >= 4 is 111 Å². The fourth-order valence-electron chi connectivity index (χ4n) is 3.03. The molecule has 1 unspecified atom stereocenters. The van der Waals surface area contributed by atoms with Crippen molar-refractivity contribution in [3.63, 3.8) is 0 Å². The van der Waals surface area contributed by atoms with Gasteiger partial charge in [-0.25, -0.2) is 0 Å². The van der Waals surface area contributed by atoms with Crippen LogP contribution in [0, 0.1) is 0 Å². The SMILES string of the molecule is CCCCCCCCCCCCCCCCOC(=O)C(CC(=O)O)S(=O)(=O)O.[NaH].[NaH].[NaH]. The standard InChI is InChI=1S/C20H38O7S.3Na.3H/c1-2-3-4-5-6-7-8-9-10-11-12-13-14-15-16-27-20(23)18(17-19(21)22)28(24,25)26;;;;;;/h18H,2-17H2,1H3,(H,21,22)(H,24,25,26);;;;;;. The number of unbranched alkanes of at least 4 members (excludes halogenated alkanes) is 13. The first-order chi connectivity index (χ1) is 13.3. The second-order valence-corrected chi connectivity index (χ2v) is 8.96. The monoisotopic (exact) mass is 494 g/mol. The molecule has 0 fully saturated rings. The molecule has 0 heterocycles. The summed E-state index contributed by atoms with van der Waals surface area (Å²) in [5, 5.41) is 6.56. The van der Waals surface area contributed by atoms with Gasteiger partial charge in [0.15, 0.2) is 5.25 Å². The number of hydrogen-bond acceptors (Lipinski definition) is 5. The third-order valence-electron chi connectivity index (χ3n) is 4.72. The van der Waals surface area contributed by atoms with Gasteiger partial charge in [0, 0.05) is 0 Å². The van der Waals surface area contributed by atoms with E-state index in [-0.39, 0.29) is 95.3 Å². The topological polar surface area (TPSA) is 118 Å². The Labute approximate surface area is 255 Å². The van der Waals surface area contributed by atoms with Crippen LogP contribution < -0.4 is 0 Å². The van der Waals surface area contributed by atoms with Crippen LogP contribution in [0.15, 0.2) is 0 Å². The number of ether oxygens (including phenoxy) is 1. The first-order valence-electron chi connectivity index (χ1n) is 10.6. The number of aliphatic carboxylic acids is 1. The van der Waals surface area contributed by atoms with Crippen LogP contribution in [0.3, 0.4) is 0 Å². The van der Waals surface area contributed by atoms with E-state index in [0.717, 1.165) is 19.3 Å². The quantitative estimate of drug-likeness (QED) is 0.123. The summed E-state index contributed by atoms with van der Waals surface area (Å²) in [4.78, 5) is 22.2. The molecule has 0 aromatic carbocycles. The number of hydrogen-bond donors (Lipinski definition) is 2. The van der Waals surface area contributed by atoms with Gasteiger partial charge in [-0.2, -0.15) is 8.42 Å². The molecule has 172 valence electrons. The van der Waals surface area contributed by atoms with Crippen molar-refractivity contribution in [3.8, 4) is 0 Å². The third-order valence-corrected chi connectivity index (χ3v) is 5.80. The van der Waals surface area contributed by atoms with Gasteiger partial charge in [-0.3, -0.25) is 14.1 Å². The minimum absolute atomic E-state index is 0. The number of carbonyl (C=O) groups excluding carboxylic acids is 1. The second-order valence-electron chi connectivity index (χ2n) is 7.37. The van der Waals surface area contributed by atoms with Gasteiger partial charge in [-0.15, -0.1) is 0 Å². The maximum atomic E-state index is 11.6. The molecule has 0 saturated carbocycles. The maximum absolute atomic E-state index is 11.6. The molecule has 31 heavy (non-hydrogen) atoms.